The SMILES string of the molecule is CCCCCCCCCCCCCN1C=CN(CCCCC)C1CCCCC. The number of unbranched alkanes of at least 4 members (excludes halogenated alkanes) is 14. The summed E-state index contributed by atoms with van der Waals surface area (Å²) in [5, 5.41) is 0. The molecule has 0 N–H and O–H groups in total. The van der Waals surface area contributed by atoms with Crippen molar-refractivity contribution in [3.63, 3.8) is 0 Å². The van der Waals surface area contributed by atoms with E-state index in [9.17, 15) is 0 Å². The standard InChI is InChI=1S/C26H52N2/c1-4-7-10-11-12-13-14-15-16-17-20-23-28-25-24-27(22-19-9-6-3)26(28)21-18-8-5-2/h24-26H,4-23H2,1-3H3. The molecule has 0 saturated carbocycles. The normalized spacial score (nSPS) is 16.5. The van der Waals surface area contributed by atoms with Gasteiger partial charge in [0.2, 0.25) is 0 Å². The number of hydrogen-bond acceptors (Lipinski definition) is 2. The maximum absolute atomic E-state index is 2.65. The van der Waals surface area contributed by atoms with Gasteiger partial charge in [0.25, 0.3) is 0 Å². The Morgan fingerprint density at radius 3 is 1.32 bits per heavy atom. The lowest BCUT2D eigenvalue weighted by atomic mass is 10.1. The van der Waals surface area contributed by atoms with E-state index in [-0.39, 0.29) is 0 Å². The molecule has 1 aliphatic heterocycles. The predicted molar refractivity (Wildman–Crippen MR) is 126 cm³/mol. The minimum Gasteiger partial charge on any atom is -0.356 e. The van der Waals surface area contributed by atoms with Gasteiger partial charge in [-0.15, -0.1) is 0 Å². The minimum atomic E-state index is 0.645. The molecule has 2 nitrogen and oxygen atoms in total. The van der Waals surface area contributed by atoms with E-state index in [0.717, 1.165) is 0 Å². The van der Waals surface area contributed by atoms with Crippen LogP contribution in [-0.4, -0.2) is 29.1 Å². The van der Waals surface area contributed by atoms with Gasteiger partial charge in [-0.3, -0.25) is 0 Å². The van der Waals surface area contributed by atoms with E-state index in [2.05, 4.69) is 43.0 Å². The lowest BCUT2D eigenvalue weighted by Gasteiger charge is -2.33. The first-order chi connectivity index (χ1) is 13.8. The fourth-order valence-electron chi connectivity index (χ4n) is 4.42. The van der Waals surface area contributed by atoms with Gasteiger partial charge in [0, 0.05) is 25.5 Å². The highest BCUT2D eigenvalue weighted by Gasteiger charge is 2.24. The lowest BCUT2D eigenvalue weighted by Crippen LogP contribution is -2.39. The number of nitrogens with zero attached hydrogens (tertiary/aromatic N) is 2. The average Bonchev–Trinajstić information content (AvgIpc) is 3.08. The summed E-state index contributed by atoms with van der Waals surface area (Å²) in [5.74, 6) is 0. The van der Waals surface area contributed by atoms with Crippen LogP contribution in [0.15, 0.2) is 12.4 Å². The van der Waals surface area contributed by atoms with Gasteiger partial charge in [0.05, 0.1) is 0 Å². The molecule has 1 heterocycles. The molecule has 0 spiro atoms. The van der Waals surface area contributed by atoms with Crippen molar-refractivity contribution in [2.75, 3.05) is 13.1 Å². The van der Waals surface area contributed by atoms with Crippen LogP contribution in [-0.2, 0) is 0 Å². The maximum Gasteiger partial charge on any atom is 0.101 e. The summed E-state index contributed by atoms with van der Waals surface area (Å²) in [6.45, 7) is 9.42. The Hall–Kier alpha value is -0.660. The zero-order valence-electron chi connectivity index (χ0n) is 19.8. The molecule has 0 saturated heterocycles. The summed E-state index contributed by atoms with van der Waals surface area (Å²) in [7, 11) is 0. The first-order valence-corrected chi connectivity index (χ1v) is 13.0. The second-order valence-electron chi connectivity index (χ2n) is 8.99. The molecule has 166 valence electrons. The molecule has 0 bridgehead atoms. The van der Waals surface area contributed by atoms with Gasteiger partial charge in [0.1, 0.15) is 6.17 Å². The second-order valence-corrected chi connectivity index (χ2v) is 8.99. The van der Waals surface area contributed by atoms with Gasteiger partial charge >= 0.3 is 0 Å². The Morgan fingerprint density at radius 2 is 0.821 bits per heavy atom. The molecule has 28 heavy (non-hydrogen) atoms. The van der Waals surface area contributed by atoms with Crippen molar-refractivity contribution in [1.82, 2.24) is 9.80 Å². The smallest absolute Gasteiger partial charge is 0.101 e. The van der Waals surface area contributed by atoms with Crippen LogP contribution in [0.2, 0.25) is 0 Å². The Morgan fingerprint density at radius 1 is 0.464 bits per heavy atom. The summed E-state index contributed by atoms with van der Waals surface area (Å²) in [5.41, 5.74) is 0. The molecule has 0 aromatic rings. The highest BCUT2D eigenvalue weighted by molar-refractivity contribution is 4.96. The molecule has 1 rings (SSSR count). The van der Waals surface area contributed by atoms with Crippen molar-refractivity contribution in [2.45, 2.75) is 143 Å². The average molecular weight is 393 g/mol. The molecule has 2 heteroatoms. The molecule has 0 aliphatic carbocycles. The van der Waals surface area contributed by atoms with Crippen LogP contribution < -0.4 is 0 Å². The molecule has 0 radical (unpaired) electrons. The van der Waals surface area contributed by atoms with E-state index in [0.29, 0.717) is 6.17 Å². The van der Waals surface area contributed by atoms with E-state index in [1.165, 1.54) is 129 Å². The topological polar surface area (TPSA) is 6.48 Å². The third-order valence-corrected chi connectivity index (χ3v) is 6.32. The van der Waals surface area contributed by atoms with Crippen LogP contribution in [0.25, 0.3) is 0 Å². The van der Waals surface area contributed by atoms with Crippen molar-refractivity contribution >= 4 is 0 Å². The molecular formula is C26H52N2. The number of rotatable bonds is 20. The summed E-state index contributed by atoms with van der Waals surface area (Å²) in [6, 6.07) is 0. The summed E-state index contributed by atoms with van der Waals surface area (Å²) < 4.78 is 0. The van der Waals surface area contributed by atoms with E-state index in [1.807, 2.05) is 0 Å². The molecule has 0 aromatic carbocycles. The lowest BCUT2D eigenvalue weighted by molar-refractivity contribution is 0.136. The van der Waals surface area contributed by atoms with Crippen molar-refractivity contribution in [1.29, 1.82) is 0 Å². The fourth-order valence-corrected chi connectivity index (χ4v) is 4.42. The van der Waals surface area contributed by atoms with Crippen LogP contribution >= 0.6 is 0 Å². The highest BCUT2D eigenvalue weighted by atomic mass is 15.4. The van der Waals surface area contributed by atoms with Gasteiger partial charge in [-0.05, 0) is 25.7 Å². The van der Waals surface area contributed by atoms with Crippen molar-refractivity contribution < 1.29 is 0 Å². The van der Waals surface area contributed by atoms with Gasteiger partial charge in [-0.2, -0.15) is 0 Å². The van der Waals surface area contributed by atoms with Gasteiger partial charge in [0.15, 0.2) is 0 Å². The Balaban J connectivity index is 2.12. The molecular weight excluding hydrogens is 340 g/mol. The molecule has 1 unspecified atom stereocenters. The molecule has 0 aromatic heterocycles. The second kappa shape index (κ2) is 18.4. The predicted octanol–water partition coefficient (Wildman–Crippen LogP) is 8.48. The van der Waals surface area contributed by atoms with Gasteiger partial charge in [-0.1, -0.05) is 111 Å². The van der Waals surface area contributed by atoms with Crippen LogP contribution in [0.5, 0.6) is 0 Å². The van der Waals surface area contributed by atoms with Crippen molar-refractivity contribution in [3.8, 4) is 0 Å². The van der Waals surface area contributed by atoms with Crippen LogP contribution in [0.4, 0.5) is 0 Å². The Labute approximate surface area is 178 Å². The summed E-state index contributed by atoms with van der Waals surface area (Å²) >= 11 is 0. The first kappa shape index (κ1) is 25.4. The van der Waals surface area contributed by atoms with Crippen molar-refractivity contribution in [3.05, 3.63) is 12.4 Å². The van der Waals surface area contributed by atoms with Gasteiger partial charge < -0.3 is 9.80 Å². The van der Waals surface area contributed by atoms with Crippen LogP contribution in [0, 0.1) is 0 Å². The van der Waals surface area contributed by atoms with E-state index < -0.39 is 0 Å². The quantitative estimate of drug-likeness (QED) is 0.192. The molecule has 0 fully saturated rings. The summed E-state index contributed by atoms with van der Waals surface area (Å²) in [4.78, 5) is 5.28. The molecule has 0 amide bonds. The van der Waals surface area contributed by atoms with Crippen LogP contribution in [0.3, 0.4) is 0 Å². The van der Waals surface area contributed by atoms with E-state index >= 15 is 0 Å². The zero-order valence-corrected chi connectivity index (χ0v) is 19.8. The monoisotopic (exact) mass is 392 g/mol. The highest BCUT2D eigenvalue weighted by Crippen LogP contribution is 2.23. The largest absolute Gasteiger partial charge is 0.356 e. The first-order valence-electron chi connectivity index (χ1n) is 13.0. The Kier molecular flexibility index (Phi) is 16.7. The maximum atomic E-state index is 2.65. The fraction of sp³-hybridized carbons (Fsp3) is 0.923. The molecule has 1 aliphatic rings. The minimum absolute atomic E-state index is 0.645. The van der Waals surface area contributed by atoms with E-state index in [4.69, 9.17) is 0 Å². The van der Waals surface area contributed by atoms with Crippen molar-refractivity contribution in [2.24, 2.45) is 0 Å². The Bertz CT molecular complexity index is 352. The molecule has 1 atom stereocenters. The van der Waals surface area contributed by atoms with E-state index in [1.54, 1.807) is 0 Å². The van der Waals surface area contributed by atoms with Crippen LogP contribution in [0.1, 0.15) is 136 Å². The summed E-state index contributed by atoms with van der Waals surface area (Å²) in [6.07, 6.45) is 30.6. The zero-order chi connectivity index (χ0) is 20.3. The number of hydrogen-bond donors (Lipinski definition) is 0. The van der Waals surface area contributed by atoms with Gasteiger partial charge in [-0.25, -0.2) is 0 Å². The third-order valence-electron chi connectivity index (χ3n) is 6.32. The third kappa shape index (κ3) is 12.0.